The summed E-state index contributed by atoms with van der Waals surface area (Å²) in [5, 5.41) is 0. The lowest BCUT2D eigenvalue weighted by Crippen LogP contribution is -2.37. The summed E-state index contributed by atoms with van der Waals surface area (Å²) in [6.07, 6.45) is 3.20. The quantitative estimate of drug-likeness (QED) is 0.591. The number of rotatable bonds is 1. The van der Waals surface area contributed by atoms with Gasteiger partial charge in [-0.25, -0.2) is 0 Å². The van der Waals surface area contributed by atoms with Crippen LogP contribution in [0, 0.1) is 11.3 Å². The summed E-state index contributed by atoms with van der Waals surface area (Å²) in [5.41, 5.74) is 4.04. The largest absolute Gasteiger partial charge is 0.497 e. The van der Waals surface area contributed by atoms with Crippen LogP contribution in [0.4, 0.5) is 0 Å². The van der Waals surface area contributed by atoms with Gasteiger partial charge in [0.25, 0.3) is 0 Å². The van der Waals surface area contributed by atoms with Crippen LogP contribution in [0.5, 0.6) is 5.75 Å². The highest BCUT2D eigenvalue weighted by Crippen LogP contribution is 2.55. The summed E-state index contributed by atoms with van der Waals surface area (Å²) < 4.78 is 10.3. The van der Waals surface area contributed by atoms with Crippen molar-refractivity contribution in [1.82, 2.24) is 0 Å². The van der Waals surface area contributed by atoms with Gasteiger partial charge in [0.15, 0.2) is 0 Å². The predicted molar refractivity (Wildman–Crippen MR) is 80.2 cm³/mol. The molecule has 0 aromatic heterocycles. The Hall–Kier alpha value is -2.10. The van der Waals surface area contributed by atoms with Gasteiger partial charge in [0.05, 0.1) is 13.0 Å². The normalized spacial score (nSPS) is 29.6. The van der Waals surface area contributed by atoms with E-state index in [4.69, 9.17) is 9.47 Å². The van der Waals surface area contributed by atoms with E-state index in [0.29, 0.717) is 6.42 Å². The van der Waals surface area contributed by atoms with Crippen LogP contribution < -0.4 is 4.74 Å². The zero-order valence-electron chi connectivity index (χ0n) is 12.8. The molecule has 0 radical (unpaired) electrons. The van der Waals surface area contributed by atoms with Crippen molar-refractivity contribution >= 4 is 17.5 Å². The molecule has 4 rings (SSSR count). The van der Waals surface area contributed by atoms with Crippen LogP contribution in [0.25, 0.3) is 5.57 Å². The van der Waals surface area contributed by atoms with Crippen molar-refractivity contribution < 1.29 is 19.1 Å². The molecule has 0 N–H and O–H groups in total. The van der Waals surface area contributed by atoms with Crippen molar-refractivity contribution in [2.24, 2.45) is 11.3 Å². The standard InChI is InChI=1S/C18H18O4/c1-18-14-7-3-10-9-11(21-2)4-5-12(10)13(14)6-8-15(18)16(19)22-17(18)20/h4-5,9,15H,3,6-8H2,1-2H3. The molecule has 0 amide bonds. The number of carbonyl (C=O) groups is 2. The molecule has 1 fully saturated rings. The zero-order valence-corrected chi connectivity index (χ0v) is 12.8. The lowest BCUT2D eigenvalue weighted by molar-refractivity contribution is -0.154. The molecule has 0 spiro atoms. The molecule has 1 saturated heterocycles. The van der Waals surface area contributed by atoms with E-state index in [0.717, 1.165) is 30.6 Å². The van der Waals surface area contributed by atoms with Gasteiger partial charge in [-0.2, -0.15) is 0 Å². The van der Waals surface area contributed by atoms with E-state index in [2.05, 4.69) is 12.1 Å². The Labute approximate surface area is 129 Å². The third kappa shape index (κ3) is 1.58. The van der Waals surface area contributed by atoms with Crippen molar-refractivity contribution in [2.75, 3.05) is 7.11 Å². The molecule has 1 aromatic rings. The first-order chi connectivity index (χ1) is 10.6. The molecule has 2 atom stereocenters. The number of allylic oxidation sites excluding steroid dienone is 1. The lowest BCUT2D eigenvalue weighted by atomic mass is 9.61. The van der Waals surface area contributed by atoms with Gasteiger partial charge in [0.1, 0.15) is 11.2 Å². The summed E-state index contributed by atoms with van der Waals surface area (Å²) >= 11 is 0. The SMILES string of the molecule is COc1ccc2c(c1)CCC1=C2CCC2C(=O)OC(=O)C12C. The molecule has 2 aliphatic carbocycles. The fourth-order valence-electron chi connectivity index (χ4n) is 4.31. The van der Waals surface area contributed by atoms with Crippen molar-refractivity contribution in [1.29, 1.82) is 0 Å². The van der Waals surface area contributed by atoms with Gasteiger partial charge >= 0.3 is 11.9 Å². The molecule has 22 heavy (non-hydrogen) atoms. The van der Waals surface area contributed by atoms with Crippen molar-refractivity contribution in [3.63, 3.8) is 0 Å². The Morgan fingerprint density at radius 2 is 2.05 bits per heavy atom. The van der Waals surface area contributed by atoms with Gasteiger partial charge in [-0.1, -0.05) is 6.07 Å². The molecular weight excluding hydrogens is 280 g/mol. The van der Waals surface area contributed by atoms with Crippen LogP contribution in [0.1, 0.15) is 37.3 Å². The van der Waals surface area contributed by atoms with Gasteiger partial charge in [-0.15, -0.1) is 0 Å². The highest BCUT2D eigenvalue weighted by Gasteiger charge is 2.58. The second-order valence-electron chi connectivity index (χ2n) is 6.48. The molecule has 114 valence electrons. The van der Waals surface area contributed by atoms with Crippen LogP contribution in [0.2, 0.25) is 0 Å². The Bertz CT molecular complexity index is 731. The van der Waals surface area contributed by atoms with Crippen molar-refractivity contribution in [2.45, 2.75) is 32.6 Å². The molecule has 2 unspecified atom stereocenters. The van der Waals surface area contributed by atoms with Gasteiger partial charge in [0, 0.05) is 0 Å². The van der Waals surface area contributed by atoms with E-state index in [1.165, 1.54) is 16.7 Å². The molecule has 4 nitrogen and oxygen atoms in total. The Balaban J connectivity index is 1.88. The second-order valence-corrected chi connectivity index (χ2v) is 6.48. The minimum absolute atomic E-state index is 0.307. The van der Waals surface area contributed by atoms with E-state index >= 15 is 0 Å². The molecule has 3 aliphatic rings. The van der Waals surface area contributed by atoms with Gasteiger partial charge < -0.3 is 9.47 Å². The van der Waals surface area contributed by atoms with E-state index < -0.39 is 5.41 Å². The summed E-state index contributed by atoms with van der Waals surface area (Å²) in [4.78, 5) is 24.3. The summed E-state index contributed by atoms with van der Waals surface area (Å²) in [6, 6.07) is 6.11. The average Bonchev–Trinajstić information content (AvgIpc) is 2.76. The maximum absolute atomic E-state index is 12.3. The summed E-state index contributed by atoms with van der Waals surface area (Å²) in [5.74, 6) is -0.164. The minimum Gasteiger partial charge on any atom is -0.497 e. The number of hydrogen-bond donors (Lipinski definition) is 0. The topological polar surface area (TPSA) is 52.6 Å². The van der Waals surface area contributed by atoms with Crippen LogP contribution in [-0.2, 0) is 20.7 Å². The smallest absolute Gasteiger partial charge is 0.324 e. The highest BCUT2D eigenvalue weighted by atomic mass is 16.6. The van der Waals surface area contributed by atoms with Crippen LogP contribution in [-0.4, -0.2) is 19.0 Å². The maximum atomic E-state index is 12.3. The number of fused-ring (bicyclic) bond motifs is 4. The molecule has 0 saturated carbocycles. The number of cyclic esters (lactones) is 2. The molecular formula is C18H18O4. The fraction of sp³-hybridized carbons (Fsp3) is 0.444. The summed E-state index contributed by atoms with van der Waals surface area (Å²) in [7, 11) is 1.67. The second kappa shape index (κ2) is 4.45. The predicted octanol–water partition coefficient (Wildman–Crippen LogP) is 2.89. The first kappa shape index (κ1) is 13.6. The van der Waals surface area contributed by atoms with Gasteiger partial charge in [-0.3, -0.25) is 9.59 Å². The summed E-state index contributed by atoms with van der Waals surface area (Å²) in [6.45, 7) is 1.88. The van der Waals surface area contributed by atoms with Crippen LogP contribution in [0.15, 0.2) is 23.8 Å². The number of ether oxygens (including phenoxy) is 2. The molecule has 1 aliphatic heterocycles. The van der Waals surface area contributed by atoms with Crippen LogP contribution in [0.3, 0.4) is 0 Å². The molecule has 1 heterocycles. The van der Waals surface area contributed by atoms with E-state index in [9.17, 15) is 9.59 Å². The minimum atomic E-state index is -0.762. The first-order valence-electron chi connectivity index (χ1n) is 7.71. The number of carbonyl (C=O) groups excluding carboxylic acids is 2. The van der Waals surface area contributed by atoms with Crippen molar-refractivity contribution in [3.8, 4) is 5.75 Å². The maximum Gasteiger partial charge on any atom is 0.324 e. The number of benzene rings is 1. The number of methoxy groups -OCH3 is 1. The van der Waals surface area contributed by atoms with Gasteiger partial charge in [-0.05, 0) is 67.0 Å². The van der Waals surface area contributed by atoms with E-state index in [1.807, 2.05) is 13.0 Å². The number of hydrogen-bond acceptors (Lipinski definition) is 4. The zero-order chi connectivity index (χ0) is 15.5. The lowest BCUT2D eigenvalue weighted by Gasteiger charge is -2.38. The highest BCUT2D eigenvalue weighted by molar-refractivity contribution is 6.03. The van der Waals surface area contributed by atoms with Gasteiger partial charge in [0.2, 0.25) is 0 Å². The molecule has 4 heteroatoms. The van der Waals surface area contributed by atoms with E-state index in [-0.39, 0.29) is 17.9 Å². The fourth-order valence-corrected chi connectivity index (χ4v) is 4.31. The van der Waals surface area contributed by atoms with Crippen LogP contribution >= 0.6 is 0 Å². The first-order valence-corrected chi connectivity index (χ1v) is 7.71. The third-order valence-electron chi connectivity index (χ3n) is 5.55. The third-order valence-corrected chi connectivity index (χ3v) is 5.55. The number of esters is 2. The monoisotopic (exact) mass is 298 g/mol. The number of aryl methyl sites for hydroxylation is 1. The Morgan fingerprint density at radius 3 is 2.82 bits per heavy atom. The molecule has 0 bridgehead atoms. The van der Waals surface area contributed by atoms with Crippen molar-refractivity contribution in [3.05, 3.63) is 34.9 Å². The average molecular weight is 298 g/mol. The van der Waals surface area contributed by atoms with E-state index in [1.54, 1.807) is 7.11 Å². The molecule has 1 aromatic carbocycles. The Morgan fingerprint density at radius 1 is 1.23 bits per heavy atom. The Kier molecular flexibility index (Phi) is 2.74.